The molecule has 0 saturated heterocycles. The molecule has 0 saturated carbocycles. The molecule has 1 aromatic heterocycles. The quantitative estimate of drug-likeness (QED) is 0.678. The molecule has 0 aliphatic heterocycles. The monoisotopic (exact) mass is 378 g/mol. The Kier molecular flexibility index (Phi) is 5.09. The lowest BCUT2D eigenvalue weighted by atomic mass is 10.0. The third kappa shape index (κ3) is 4.06. The maximum atomic E-state index is 13.8. The van der Waals surface area contributed by atoms with Crippen LogP contribution in [-0.2, 0) is 6.18 Å². The second-order valence-electron chi connectivity index (χ2n) is 5.86. The number of amides is 1. The molecule has 0 aliphatic rings. The van der Waals surface area contributed by atoms with Crippen molar-refractivity contribution in [1.29, 1.82) is 0 Å². The third-order valence-electron chi connectivity index (χ3n) is 4.04. The number of alkyl halides is 3. The van der Waals surface area contributed by atoms with Crippen LogP contribution in [0.25, 0.3) is 10.9 Å². The first-order valence-corrected chi connectivity index (χ1v) is 7.93. The molecule has 1 unspecified atom stereocenters. The minimum Gasteiger partial charge on any atom is -0.394 e. The van der Waals surface area contributed by atoms with E-state index >= 15 is 0 Å². The number of pyridine rings is 1. The highest BCUT2D eigenvalue weighted by molar-refractivity contribution is 6.05. The van der Waals surface area contributed by atoms with Crippen molar-refractivity contribution in [2.45, 2.75) is 12.2 Å². The number of nitrogens with one attached hydrogen (secondary N) is 1. The molecule has 3 rings (SSSR count). The first-order valence-electron chi connectivity index (χ1n) is 7.93. The summed E-state index contributed by atoms with van der Waals surface area (Å²) >= 11 is 0. The van der Waals surface area contributed by atoms with Gasteiger partial charge in [0, 0.05) is 11.6 Å². The molecule has 3 aromatic rings. The first-order chi connectivity index (χ1) is 12.8. The van der Waals surface area contributed by atoms with Gasteiger partial charge >= 0.3 is 6.18 Å². The molecule has 2 N–H and O–H groups in total. The number of rotatable bonds is 4. The molecule has 1 amide bonds. The Labute approximate surface area is 151 Å². The second-order valence-corrected chi connectivity index (χ2v) is 5.86. The minimum absolute atomic E-state index is 0.0315. The molecule has 27 heavy (non-hydrogen) atoms. The Morgan fingerprint density at radius 3 is 2.48 bits per heavy atom. The predicted octanol–water partition coefficient (Wildman–Crippen LogP) is 3.86. The number of hydrogen-bond acceptors (Lipinski definition) is 3. The van der Waals surface area contributed by atoms with E-state index in [9.17, 15) is 27.5 Å². The Hall–Kier alpha value is -3.00. The van der Waals surface area contributed by atoms with Crippen LogP contribution in [0.4, 0.5) is 17.6 Å². The van der Waals surface area contributed by atoms with Crippen molar-refractivity contribution in [3.8, 4) is 0 Å². The SMILES string of the molecule is O=C(NC(CO)c1ccc(C(F)(F)F)cc1)c1cc(F)cc2cccnc12. The van der Waals surface area contributed by atoms with Gasteiger partial charge in [0.05, 0.1) is 29.3 Å². The fourth-order valence-corrected chi connectivity index (χ4v) is 2.70. The number of benzene rings is 2. The lowest BCUT2D eigenvalue weighted by Gasteiger charge is -2.18. The molecule has 1 atom stereocenters. The van der Waals surface area contributed by atoms with Crippen LogP contribution in [0.2, 0.25) is 0 Å². The van der Waals surface area contributed by atoms with Gasteiger partial charge in [-0.05, 0) is 35.9 Å². The zero-order chi connectivity index (χ0) is 19.6. The normalized spacial score (nSPS) is 12.8. The summed E-state index contributed by atoms with van der Waals surface area (Å²) in [6, 6.07) is 8.57. The highest BCUT2D eigenvalue weighted by Gasteiger charge is 2.30. The number of nitrogens with zero attached hydrogens (tertiary/aromatic N) is 1. The average molecular weight is 378 g/mol. The molecular weight excluding hydrogens is 364 g/mol. The van der Waals surface area contributed by atoms with Crippen molar-refractivity contribution < 1.29 is 27.5 Å². The molecule has 0 spiro atoms. The van der Waals surface area contributed by atoms with Gasteiger partial charge in [0.25, 0.3) is 5.91 Å². The van der Waals surface area contributed by atoms with Gasteiger partial charge in [-0.1, -0.05) is 18.2 Å². The highest BCUT2D eigenvalue weighted by atomic mass is 19.4. The maximum absolute atomic E-state index is 13.8. The van der Waals surface area contributed by atoms with Crippen LogP contribution in [0.15, 0.2) is 54.7 Å². The molecule has 140 valence electrons. The Balaban J connectivity index is 1.88. The van der Waals surface area contributed by atoms with Crippen LogP contribution in [0.3, 0.4) is 0 Å². The van der Waals surface area contributed by atoms with E-state index in [2.05, 4.69) is 10.3 Å². The summed E-state index contributed by atoms with van der Waals surface area (Å²) in [4.78, 5) is 16.6. The topological polar surface area (TPSA) is 62.2 Å². The average Bonchev–Trinajstić information content (AvgIpc) is 2.64. The highest BCUT2D eigenvalue weighted by Crippen LogP contribution is 2.30. The predicted molar refractivity (Wildman–Crippen MR) is 90.4 cm³/mol. The third-order valence-corrected chi connectivity index (χ3v) is 4.04. The number of carbonyl (C=O) groups is 1. The lowest BCUT2D eigenvalue weighted by Crippen LogP contribution is -2.31. The Bertz CT molecular complexity index is 972. The summed E-state index contributed by atoms with van der Waals surface area (Å²) in [5.74, 6) is -1.33. The van der Waals surface area contributed by atoms with Crippen molar-refractivity contribution in [3.63, 3.8) is 0 Å². The van der Waals surface area contributed by atoms with E-state index in [4.69, 9.17) is 0 Å². The Morgan fingerprint density at radius 1 is 1.15 bits per heavy atom. The minimum atomic E-state index is -4.48. The summed E-state index contributed by atoms with van der Waals surface area (Å²) in [6.07, 6.45) is -3.03. The van der Waals surface area contributed by atoms with Gasteiger partial charge in [-0.25, -0.2) is 4.39 Å². The number of aliphatic hydroxyl groups is 1. The van der Waals surface area contributed by atoms with Crippen LogP contribution < -0.4 is 5.32 Å². The number of carbonyl (C=O) groups excluding carboxylic acids is 1. The smallest absolute Gasteiger partial charge is 0.394 e. The first kappa shape index (κ1) is 18.8. The molecule has 0 fully saturated rings. The van der Waals surface area contributed by atoms with E-state index < -0.39 is 36.1 Å². The molecular formula is C19H14F4N2O2. The number of aliphatic hydroxyl groups excluding tert-OH is 1. The van der Waals surface area contributed by atoms with Crippen molar-refractivity contribution in [1.82, 2.24) is 10.3 Å². The van der Waals surface area contributed by atoms with Gasteiger partial charge in [-0.2, -0.15) is 13.2 Å². The molecule has 8 heteroatoms. The van der Waals surface area contributed by atoms with Crippen LogP contribution in [0.1, 0.15) is 27.5 Å². The van der Waals surface area contributed by atoms with E-state index in [1.54, 1.807) is 12.1 Å². The summed E-state index contributed by atoms with van der Waals surface area (Å²) in [7, 11) is 0. The Morgan fingerprint density at radius 2 is 1.85 bits per heavy atom. The van der Waals surface area contributed by atoms with Crippen molar-refractivity contribution in [2.24, 2.45) is 0 Å². The number of halogens is 4. The fraction of sp³-hybridized carbons (Fsp3) is 0.158. The lowest BCUT2D eigenvalue weighted by molar-refractivity contribution is -0.137. The zero-order valence-electron chi connectivity index (χ0n) is 13.8. The summed E-state index contributed by atoms with van der Waals surface area (Å²) in [5, 5.41) is 12.5. The summed E-state index contributed by atoms with van der Waals surface area (Å²) in [6.45, 7) is -0.544. The van der Waals surface area contributed by atoms with Gasteiger partial charge in [0.15, 0.2) is 0 Å². The van der Waals surface area contributed by atoms with Gasteiger partial charge < -0.3 is 10.4 Å². The number of hydrogen-bond donors (Lipinski definition) is 2. The molecule has 0 bridgehead atoms. The van der Waals surface area contributed by atoms with Crippen molar-refractivity contribution in [3.05, 3.63) is 77.2 Å². The molecule has 1 heterocycles. The van der Waals surface area contributed by atoms with Gasteiger partial charge in [-0.3, -0.25) is 9.78 Å². The van der Waals surface area contributed by atoms with E-state index in [1.165, 1.54) is 24.4 Å². The van der Waals surface area contributed by atoms with Gasteiger partial charge in [-0.15, -0.1) is 0 Å². The van der Waals surface area contributed by atoms with Crippen molar-refractivity contribution in [2.75, 3.05) is 6.61 Å². The molecule has 0 radical (unpaired) electrons. The van der Waals surface area contributed by atoms with Crippen molar-refractivity contribution >= 4 is 16.8 Å². The zero-order valence-corrected chi connectivity index (χ0v) is 13.8. The summed E-state index contributed by atoms with van der Waals surface area (Å²) in [5.41, 5.74) is -0.307. The molecule has 0 aliphatic carbocycles. The van der Waals surface area contributed by atoms with Gasteiger partial charge in [0.1, 0.15) is 5.82 Å². The maximum Gasteiger partial charge on any atom is 0.416 e. The number of aromatic nitrogens is 1. The van der Waals surface area contributed by atoms with Crippen LogP contribution in [0.5, 0.6) is 0 Å². The molecule has 4 nitrogen and oxygen atoms in total. The largest absolute Gasteiger partial charge is 0.416 e. The second kappa shape index (κ2) is 7.32. The summed E-state index contributed by atoms with van der Waals surface area (Å²) < 4.78 is 51.8. The van der Waals surface area contributed by atoms with Crippen LogP contribution >= 0.6 is 0 Å². The number of fused-ring (bicyclic) bond motifs is 1. The van der Waals surface area contributed by atoms with E-state index in [0.29, 0.717) is 5.39 Å². The fourth-order valence-electron chi connectivity index (χ4n) is 2.70. The standard InChI is InChI=1S/C19H14F4N2O2/c20-14-8-12-2-1-7-24-17(12)15(9-14)18(27)25-16(10-26)11-3-5-13(6-4-11)19(21,22)23/h1-9,16,26H,10H2,(H,25,27). The van der Waals surface area contributed by atoms with Crippen LogP contribution in [-0.4, -0.2) is 22.6 Å². The van der Waals surface area contributed by atoms with E-state index in [0.717, 1.165) is 18.2 Å². The van der Waals surface area contributed by atoms with Crippen LogP contribution in [0, 0.1) is 5.82 Å². The molecule has 2 aromatic carbocycles. The van der Waals surface area contributed by atoms with E-state index in [-0.39, 0.29) is 16.6 Å². The van der Waals surface area contributed by atoms with Gasteiger partial charge in [0.2, 0.25) is 0 Å². The van der Waals surface area contributed by atoms with E-state index in [1.807, 2.05) is 0 Å².